The van der Waals surface area contributed by atoms with Crippen LogP contribution in [0.2, 0.25) is 0 Å². The third-order valence-electron chi connectivity index (χ3n) is 1.92. The highest BCUT2D eigenvalue weighted by atomic mass is 15.1. The molecule has 0 unspecified atom stereocenters. The minimum absolute atomic E-state index is 0.0824. The van der Waals surface area contributed by atoms with E-state index in [4.69, 9.17) is 17.2 Å². The molecule has 0 spiro atoms. The van der Waals surface area contributed by atoms with Crippen molar-refractivity contribution < 1.29 is 0 Å². The van der Waals surface area contributed by atoms with Crippen molar-refractivity contribution in [3.05, 3.63) is 35.4 Å². The van der Waals surface area contributed by atoms with Crippen molar-refractivity contribution in [1.82, 2.24) is 0 Å². The van der Waals surface area contributed by atoms with Gasteiger partial charge < -0.3 is 17.2 Å². The van der Waals surface area contributed by atoms with Crippen molar-refractivity contribution in [2.45, 2.75) is 13.5 Å². The Labute approximate surface area is 88.7 Å². The average Bonchev–Trinajstić information content (AvgIpc) is 2.15. The quantitative estimate of drug-likeness (QED) is 0.470. The van der Waals surface area contributed by atoms with Gasteiger partial charge >= 0.3 is 0 Å². The van der Waals surface area contributed by atoms with E-state index in [1.54, 1.807) is 0 Å². The molecule has 1 aromatic rings. The molecule has 0 aliphatic rings. The highest BCUT2D eigenvalue weighted by molar-refractivity contribution is 5.92. The van der Waals surface area contributed by atoms with Crippen LogP contribution in [0, 0.1) is 6.92 Å². The minimum atomic E-state index is -0.0824. The van der Waals surface area contributed by atoms with E-state index in [-0.39, 0.29) is 11.9 Å². The molecule has 6 N–H and O–H groups in total. The molecule has 5 nitrogen and oxygen atoms in total. The van der Waals surface area contributed by atoms with Crippen LogP contribution in [-0.4, -0.2) is 11.9 Å². The summed E-state index contributed by atoms with van der Waals surface area (Å²) in [5.41, 5.74) is 18.1. The zero-order valence-electron chi connectivity index (χ0n) is 8.64. The van der Waals surface area contributed by atoms with Gasteiger partial charge in [0, 0.05) is 0 Å². The molecule has 0 aromatic heterocycles. The number of rotatable bonds is 2. The average molecular weight is 205 g/mol. The lowest BCUT2D eigenvalue weighted by Crippen LogP contribution is -2.26. The number of nitrogens with two attached hydrogens (primary N) is 3. The highest BCUT2D eigenvalue weighted by Gasteiger charge is 1.95. The van der Waals surface area contributed by atoms with Gasteiger partial charge in [-0.3, -0.25) is 0 Å². The molecule has 1 rings (SSSR count). The molecular formula is C10H15N5. The first-order chi connectivity index (χ1) is 7.09. The molecule has 80 valence electrons. The van der Waals surface area contributed by atoms with Crippen LogP contribution in [0.3, 0.4) is 0 Å². The fourth-order valence-electron chi connectivity index (χ4n) is 1.12. The molecule has 0 aliphatic heterocycles. The van der Waals surface area contributed by atoms with Crippen LogP contribution in [0.1, 0.15) is 11.1 Å². The van der Waals surface area contributed by atoms with E-state index in [1.165, 1.54) is 5.56 Å². The maximum Gasteiger partial charge on any atom is 0.218 e. The summed E-state index contributed by atoms with van der Waals surface area (Å²) in [6, 6.07) is 7.93. The summed E-state index contributed by atoms with van der Waals surface area (Å²) in [5.74, 6) is 0.0132. The van der Waals surface area contributed by atoms with E-state index in [0.29, 0.717) is 6.54 Å². The molecule has 0 atom stereocenters. The van der Waals surface area contributed by atoms with E-state index in [0.717, 1.165) is 5.56 Å². The smallest absolute Gasteiger partial charge is 0.218 e. The van der Waals surface area contributed by atoms with E-state index >= 15 is 0 Å². The van der Waals surface area contributed by atoms with E-state index < -0.39 is 0 Å². The Kier molecular flexibility index (Phi) is 3.68. The van der Waals surface area contributed by atoms with Crippen LogP contribution in [0.15, 0.2) is 34.3 Å². The van der Waals surface area contributed by atoms with Gasteiger partial charge in [0.25, 0.3) is 0 Å². The lowest BCUT2D eigenvalue weighted by atomic mass is 10.1. The van der Waals surface area contributed by atoms with Crippen molar-refractivity contribution in [2.75, 3.05) is 0 Å². The van der Waals surface area contributed by atoms with Crippen LogP contribution < -0.4 is 17.2 Å². The largest absolute Gasteiger partial charge is 0.370 e. The second-order valence-electron chi connectivity index (χ2n) is 3.14. The van der Waals surface area contributed by atoms with Gasteiger partial charge in [0.15, 0.2) is 5.96 Å². The Balaban J connectivity index is 2.72. The Hall–Kier alpha value is -2.04. The zero-order chi connectivity index (χ0) is 11.3. The Morgan fingerprint density at radius 3 is 2.47 bits per heavy atom. The number of benzene rings is 1. The van der Waals surface area contributed by atoms with E-state index in [1.807, 2.05) is 31.2 Å². The van der Waals surface area contributed by atoms with Crippen LogP contribution >= 0.6 is 0 Å². The molecule has 0 saturated carbocycles. The topological polar surface area (TPSA) is 103 Å². The summed E-state index contributed by atoms with van der Waals surface area (Å²) >= 11 is 0. The lowest BCUT2D eigenvalue weighted by Gasteiger charge is -2.01. The normalized spacial score (nSPS) is 11.1. The van der Waals surface area contributed by atoms with Crippen molar-refractivity contribution in [1.29, 1.82) is 0 Å². The van der Waals surface area contributed by atoms with Crippen molar-refractivity contribution in [2.24, 2.45) is 27.2 Å². The fraction of sp³-hybridized carbons (Fsp3) is 0.200. The summed E-state index contributed by atoms with van der Waals surface area (Å²) in [7, 11) is 0. The molecular weight excluding hydrogens is 190 g/mol. The van der Waals surface area contributed by atoms with Crippen LogP contribution in [0.4, 0.5) is 0 Å². The Morgan fingerprint density at radius 1 is 1.20 bits per heavy atom. The molecule has 0 heterocycles. The monoisotopic (exact) mass is 205 g/mol. The highest BCUT2D eigenvalue weighted by Crippen LogP contribution is 2.07. The molecule has 0 radical (unpaired) electrons. The number of aryl methyl sites for hydroxylation is 1. The predicted octanol–water partition coefficient (Wildman–Crippen LogP) is 0.0831. The minimum Gasteiger partial charge on any atom is -0.370 e. The van der Waals surface area contributed by atoms with Crippen LogP contribution in [0.5, 0.6) is 0 Å². The third kappa shape index (κ3) is 3.68. The summed E-state index contributed by atoms with van der Waals surface area (Å²) in [4.78, 5) is 7.66. The fourth-order valence-corrected chi connectivity index (χ4v) is 1.12. The third-order valence-corrected chi connectivity index (χ3v) is 1.92. The van der Waals surface area contributed by atoms with Gasteiger partial charge in [0.05, 0.1) is 6.54 Å². The molecule has 0 amide bonds. The first kappa shape index (κ1) is 11.0. The van der Waals surface area contributed by atoms with Gasteiger partial charge in [-0.2, -0.15) is 4.99 Å². The first-order valence-corrected chi connectivity index (χ1v) is 4.53. The molecule has 0 aliphatic carbocycles. The number of guanidine groups is 2. The molecule has 1 aromatic carbocycles. The van der Waals surface area contributed by atoms with Gasteiger partial charge in [-0.05, 0) is 18.1 Å². The second kappa shape index (κ2) is 4.99. The molecule has 15 heavy (non-hydrogen) atoms. The van der Waals surface area contributed by atoms with E-state index in [9.17, 15) is 0 Å². The Bertz CT molecular complexity index is 391. The van der Waals surface area contributed by atoms with Gasteiger partial charge in [0.2, 0.25) is 5.96 Å². The van der Waals surface area contributed by atoms with Crippen molar-refractivity contribution >= 4 is 11.9 Å². The van der Waals surface area contributed by atoms with Gasteiger partial charge in [-0.1, -0.05) is 24.3 Å². The number of hydrogen-bond acceptors (Lipinski definition) is 1. The molecule has 0 bridgehead atoms. The number of hydrogen-bond donors (Lipinski definition) is 3. The van der Waals surface area contributed by atoms with E-state index in [2.05, 4.69) is 9.98 Å². The predicted molar refractivity (Wildman–Crippen MR) is 62.3 cm³/mol. The number of aliphatic imine (C=N–C) groups is 2. The lowest BCUT2D eigenvalue weighted by molar-refractivity contribution is 1.03. The van der Waals surface area contributed by atoms with Gasteiger partial charge in [-0.25, -0.2) is 4.99 Å². The molecule has 5 heteroatoms. The van der Waals surface area contributed by atoms with Crippen molar-refractivity contribution in [3.63, 3.8) is 0 Å². The van der Waals surface area contributed by atoms with Gasteiger partial charge in [-0.15, -0.1) is 0 Å². The zero-order valence-corrected chi connectivity index (χ0v) is 8.64. The standard InChI is InChI=1S/C10H15N5/c1-7-4-2-3-5-8(7)6-14-10(13)15-9(11)12/h2-5H,6H2,1H3,(H6,11,12,13,14,15). The van der Waals surface area contributed by atoms with Crippen LogP contribution in [0.25, 0.3) is 0 Å². The summed E-state index contributed by atoms with van der Waals surface area (Å²) < 4.78 is 0. The number of nitrogens with zero attached hydrogens (tertiary/aromatic N) is 2. The second-order valence-corrected chi connectivity index (χ2v) is 3.14. The summed E-state index contributed by atoms with van der Waals surface area (Å²) in [6.45, 7) is 2.50. The maximum atomic E-state index is 5.48. The van der Waals surface area contributed by atoms with Crippen molar-refractivity contribution in [3.8, 4) is 0 Å². The summed E-state index contributed by atoms with van der Waals surface area (Å²) in [6.07, 6.45) is 0. The van der Waals surface area contributed by atoms with Gasteiger partial charge in [0.1, 0.15) is 0 Å². The maximum absolute atomic E-state index is 5.48. The first-order valence-electron chi connectivity index (χ1n) is 4.53. The SMILES string of the molecule is Cc1ccccc1CN=C(N)N=C(N)N. The molecule has 0 fully saturated rings. The Morgan fingerprint density at radius 2 is 1.87 bits per heavy atom. The molecule has 0 saturated heterocycles. The summed E-state index contributed by atoms with van der Waals surface area (Å²) in [5, 5.41) is 0. The van der Waals surface area contributed by atoms with Crippen LogP contribution in [-0.2, 0) is 6.54 Å².